The molecule has 0 saturated heterocycles. The van der Waals surface area contributed by atoms with E-state index in [1.807, 2.05) is 0 Å². The molecule has 20 bridgehead atoms. The molecule has 38 rings (SSSR count). The molecule has 10 aromatic carbocycles. The number of benzene rings is 10. The van der Waals surface area contributed by atoms with Crippen LogP contribution < -0.4 is 0 Å². The minimum atomic E-state index is 1.22. The molecule has 0 atom stereocenters. The van der Waals surface area contributed by atoms with Crippen LogP contribution in [-0.2, 0) is 0 Å². The Bertz CT molecular complexity index is 2970. The molecule has 0 fully saturated rings. The minimum Gasteiger partial charge on any atom is -0.0538 e. The van der Waals surface area contributed by atoms with E-state index in [1.54, 1.807) is 0 Å². The van der Waals surface area contributed by atoms with Gasteiger partial charge in [-0.1, -0.05) is 194 Å². The van der Waals surface area contributed by atoms with Gasteiger partial charge in [0.1, 0.15) is 0 Å². The zero-order chi connectivity index (χ0) is 46.8. The molecule has 0 radical (unpaired) electrons. The van der Waals surface area contributed by atoms with Gasteiger partial charge in [0.05, 0.1) is 0 Å². The lowest BCUT2D eigenvalue weighted by Crippen LogP contribution is -2.00. The molecule has 328 valence electrons. The number of hydrogen-bond donors (Lipinski definition) is 0. The molecule has 0 amide bonds. The molecular formula is C68H56. The Morgan fingerprint density at radius 1 is 0.118 bits per heavy atom. The van der Waals surface area contributed by atoms with Crippen LogP contribution in [0.5, 0.6) is 0 Å². The highest BCUT2D eigenvalue weighted by Crippen LogP contribution is 2.43. The average Bonchev–Trinajstić information content (AvgIpc) is 3.39. The molecule has 68 heavy (non-hydrogen) atoms. The zero-order valence-corrected chi connectivity index (χ0v) is 40.5. The zero-order valence-electron chi connectivity index (χ0n) is 40.5. The number of hydrogen-bond acceptors (Lipinski definition) is 0. The minimum absolute atomic E-state index is 1.22. The van der Waals surface area contributed by atoms with Crippen LogP contribution in [0, 0.1) is 55.4 Å². The first-order valence-corrected chi connectivity index (χ1v) is 24.1. The summed E-state index contributed by atoms with van der Waals surface area (Å²) in [4.78, 5) is 0. The van der Waals surface area contributed by atoms with E-state index in [2.05, 4.69) is 250 Å². The molecule has 0 unspecified atom stereocenters. The molecule has 0 heteroatoms. The summed E-state index contributed by atoms with van der Waals surface area (Å²) in [6.07, 6.45) is 0. The van der Waals surface area contributed by atoms with Crippen LogP contribution in [0.3, 0.4) is 0 Å². The molecule has 0 spiro atoms. The van der Waals surface area contributed by atoms with Crippen LogP contribution in [0.25, 0.3) is 111 Å². The standard InChI is InChI=1S/C68H56/c1-41-42(2)66-44(4)43(3)65(41)61-33-25-57(26-34-61)53-17-9-49(10-18-53)51-13-21-55(22-14-51)59-29-37-63(38-30-59)67-45(5)47(7)68(48(8)46(67)6)64-39-31-60(32-40-64)56-23-15-52(16-24-56)50-11-19-54(20-12-50)58-27-35-62(66)36-28-58/h9-40H,1-8H3. The van der Waals surface area contributed by atoms with E-state index in [4.69, 9.17) is 0 Å². The Balaban J connectivity index is 0.969. The highest BCUT2D eigenvalue weighted by atomic mass is 14.2. The Labute approximate surface area is 403 Å². The Morgan fingerprint density at radius 2 is 0.191 bits per heavy atom. The lowest BCUT2D eigenvalue weighted by atomic mass is 9.83. The van der Waals surface area contributed by atoms with Crippen LogP contribution in [0.2, 0.25) is 0 Å². The highest BCUT2D eigenvalue weighted by Gasteiger charge is 2.20. The second-order valence-corrected chi connectivity index (χ2v) is 19.1. The third-order valence-electron chi connectivity index (χ3n) is 15.5. The van der Waals surface area contributed by atoms with E-state index in [0.29, 0.717) is 0 Å². The van der Waals surface area contributed by atoms with Gasteiger partial charge >= 0.3 is 0 Å². The van der Waals surface area contributed by atoms with Gasteiger partial charge in [0.25, 0.3) is 0 Å². The lowest BCUT2D eigenvalue weighted by molar-refractivity contribution is 1.25. The summed E-state index contributed by atoms with van der Waals surface area (Å²) in [5.74, 6) is 0. The van der Waals surface area contributed by atoms with Gasteiger partial charge in [0, 0.05) is 0 Å². The summed E-state index contributed by atoms with van der Waals surface area (Å²) >= 11 is 0. The van der Waals surface area contributed by atoms with Gasteiger partial charge in [-0.05, 0) is 211 Å². The second-order valence-electron chi connectivity index (χ2n) is 19.1. The van der Waals surface area contributed by atoms with E-state index in [1.165, 1.54) is 156 Å². The maximum atomic E-state index is 2.30. The normalized spacial score (nSPS) is 11.5. The molecule has 0 saturated carbocycles. The Kier molecular flexibility index (Phi) is 10.8. The fourth-order valence-corrected chi connectivity index (χ4v) is 11.1. The van der Waals surface area contributed by atoms with Crippen molar-refractivity contribution in [1.29, 1.82) is 0 Å². The van der Waals surface area contributed by atoms with Crippen molar-refractivity contribution >= 4 is 0 Å². The predicted octanol–water partition coefficient (Wildman–Crippen LogP) is 19.1. The van der Waals surface area contributed by atoms with Gasteiger partial charge in [-0.15, -0.1) is 0 Å². The molecule has 0 aliphatic heterocycles. The molecular weight excluding hydrogens is 817 g/mol. The topological polar surface area (TPSA) is 0 Å². The maximum absolute atomic E-state index is 2.30. The molecule has 0 heterocycles. The van der Waals surface area contributed by atoms with Crippen molar-refractivity contribution < 1.29 is 0 Å². The Hall–Kier alpha value is -7.80. The van der Waals surface area contributed by atoms with E-state index < -0.39 is 0 Å². The van der Waals surface area contributed by atoms with Gasteiger partial charge in [0.2, 0.25) is 0 Å². The van der Waals surface area contributed by atoms with Gasteiger partial charge < -0.3 is 0 Å². The molecule has 28 aliphatic rings. The molecule has 0 aromatic heterocycles. The van der Waals surface area contributed by atoms with E-state index in [9.17, 15) is 0 Å². The van der Waals surface area contributed by atoms with Gasteiger partial charge in [-0.2, -0.15) is 0 Å². The molecule has 0 nitrogen and oxygen atoms in total. The first kappa shape index (κ1) is 42.8. The fraction of sp³-hybridized carbons (Fsp3) is 0.118. The summed E-state index contributed by atoms with van der Waals surface area (Å²) < 4.78 is 0. The largest absolute Gasteiger partial charge is 0.0538 e. The SMILES string of the molecule is Cc1c(C)c2c(C)c(C)c1-c1ccc(cc1)-c1ccc(cc1)-c1ccc(cc1)-c1ccc(cc1)-c1c(C)c(C)c(c(C)c1C)-c1ccc(cc1)-c1ccc(cc1)-c1ccc(cc1)-c1ccc-2cc1. The average molecular weight is 873 g/mol. The van der Waals surface area contributed by atoms with Crippen LogP contribution in [0.1, 0.15) is 44.5 Å². The first-order valence-electron chi connectivity index (χ1n) is 24.1. The van der Waals surface area contributed by atoms with Crippen LogP contribution >= 0.6 is 0 Å². The fourth-order valence-electron chi connectivity index (χ4n) is 11.1. The van der Waals surface area contributed by atoms with Crippen LogP contribution in [0.15, 0.2) is 194 Å². The van der Waals surface area contributed by atoms with E-state index >= 15 is 0 Å². The van der Waals surface area contributed by atoms with Crippen molar-refractivity contribution in [2.24, 2.45) is 0 Å². The van der Waals surface area contributed by atoms with E-state index in [-0.39, 0.29) is 0 Å². The molecule has 10 aromatic rings. The van der Waals surface area contributed by atoms with Crippen molar-refractivity contribution in [3.8, 4) is 111 Å². The van der Waals surface area contributed by atoms with Crippen molar-refractivity contribution in [1.82, 2.24) is 0 Å². The maximum Gasteiger partial charge on any atom is -0.0120 e. The van der Waals surface area contributed by atoms with Crippen molar-refractivity contribution in [2.75, 3.05) is 0 Å². The smallest absolute Gasteiger partial charge is 0.0120 e. The van der Waals surface area contributed by atoms with Gasteiger partial charge in [-0.3, -0.25) is 0 Å². The second kappa shape index (κ2) is 17.1. The van der Waals surface area contributed by atoms with Crippen molar-refractivity contribution in [2.45, 2.75) is 55.4 Å². The molecule has 0 N–H and O–H groups in total. The summed E-state index contributed by atoms with van der Waals surface area (Å²) in [6, 6.07) is 72.6. The van der Waals surface area contributed by atoms with Crippen LogP contribution in [-0.4, -0.2) is 0 Å². The summed E-state index contributed by atoms with van der Waals surface area (Å²) in [6.45, 7) is 18.3. The quantitative estimate of drug-likeness (QED) is 0.142. The third-order valence-corrected chi connectivity index (χ3v) is 15.5. The number of rotatable bonds is 0. The van der Waals surface area contributed by atoms with E-state index in [0.717, 1.165) is 0 Å². The van der Waals surface area contributed by atoms with Crippen molar-refractivity contribution in [3.63, 3.8) is 0 Å². The lowest BCUT2D eigenvalue weighted by Gasteiger charge is -2.22. The Morgan fingerprint density at radius 3 is 0.279 bits per heavy atom. The first-order chi connectivity index (χ1) is 33.0. The highest BCUT2D eigenvalue weighted by molar-refractivity contribution is 5.87. The summed E-state index contributed by atoms with van der Waals surface area (Å²) in [7, 11) is 0. The third kappa shape index (κ3) is 7.42. The summed E-state index contributed by atoms with van der Waals surface area (Å²) in [5.41, 5.74) is 35.7. The predicted molar refractivity (Wildman–Crippen MR) is 292 cm³/mol. The van der Waals surface area contributed by atoms with Gasteiger partial charge in [-0.25, -0.2) is 0 Å². The monoisotopic (exact) mass is 872 g/mol. The molecule has 28 aliphatic carbocycles. The van der Waals surface area contributed by atoms with Crippen molar-refractivity contribution in [3.05, 3.63) is 239 Å². The van der Waals surface area contributed by atoms with Gasteiger partial charge in [0.15, 0.2) is 0 Å². The van der Waals surface area contributed by atoms with Crippen LogP contribution in [0.4, 0.5) is 0 Å². The summed E-state index contributed by atoms with van der Waals surface area (Å²) in [5, 5.41) is 0.